The lowest BCUT2D eigenvalue weighted by molar-refractivity contribution is 0.0950. The maximum absolute atomic E-state index is 14.7. The second kappa shape index (κ2) is 9.94. The summed E-state index contributed by atoms with van der Waals surface area (Å²) in [7, 11) is 0.915. The SMILES string of the molecule is COc1c(F)c(F)c(C(=O)NCCN)c(NC(=O)Nc2cc(Br)cc(Br)c2)c1F. The molecule has 156 valence electrons. The molecule has 0 atom stereocenters. The van der Waals surface area contributed by atoms with Crippen LogP contribution in [0.4, 0.5) is 29.3 Å². The Hall–Kier alpha value is -2.31. The molecule has 0 aliphatic heterocycles. The fraction of sp³-hybridized carbons (Fsp3) is 0.176. The summed E-state index contributed by atoms with van der Waals surface area (Å²) in [4.78, 5) is 24.5. The largest absolute Gasteiger partial charge is 0.491 e. The lowest BCUT2D eigenvalue weighted by Crippen LogP contribution is -2.32. The number of urea groups is 1. The van der Waals surface area contributed by atoms with Gasteiger partial charge in [0.05, 0.1) is 12.8 Å². The Bertz CT molecular complexity index is 940. The van der Waals surface area contributed by atoms with Crippen molar-refractivity contribution < 1.29 is 27.5 Å². The molecule has 0 spiro atoms. The normalized spacial score (nSPS) is 10.4. The Balaban J connectivity index is 2.44. The van der Waals surface area contributed by atoms with Gasteiger partial charge < -0.3 is 26.4 Å². The maximum atomic E-state index is 14.7. The molecular formula is C17H15Br2F3N4O3. The van der Waals surface area contributed by atoms with Crippen LogP contribution >= 0.6 is 31.9 Å². The van der Waals surface area contributed by atoms with Gasteiger partial charge in [0.25, 0.3) is 5.91 Å². The Morgan fingerprint density at radius 2 is 1.66 bits per heavy atom. The van der Waals surface area contributed by atoms with Crippen LogP contribution in [0.1, 0.15) is 10.4 Å². The van der Waals surface area contributed by atoms with Crippen molar-refractivity contribution in [3.05, 3.63) is 50.2 Å². The Morgan fingerprint density at radius 1 is 1.03 bits per heavy atom. The van der Waals surface area contributed by atoms with Crippen LogP contribution in [0.5, 0.6) is 5.75 Å². The van der Waals surface area contributed by atoms with E-state index in [1.807, 2.05) is 5.32 Å². The van der Waals surface area contributed by atoms with Crippen LogP contribution in [-0.4, -0.2) is 32.1 Å². The van der Waals surface area contributed by atoms with Gasteiger partial charge in [0.1, 0.15) is 5.56 Å². The maximum Gasteiger partial charge on any atom is 0.323 e. The lowest BCUT2D eigenvalue weighted by atomic mass is 10.1. The van der Waals surface area contributed by atoms with Gasteiger partial charge in [-0.15, -0.1) is 0 Å². The van der Waals surface area contributed by atoms with E-state index in [9.17, 15) is 22.8 Å². The van der Waals surface area contributed by atoms with Crippen LogP contribution < -0.4 is 26.4 Å². The second-order valence-electron chi connectivity index (χ2n) is 5.51. The zero-order chi connectivity index (χ0) is 21.7. The zero-order valence-corrected chi connectivity index (χ0v) is 18.0. The Morgan fingerprint density at radius 3 is 2.21 bits per heavy atom. The highest BCUT2D eigenvalue weighted by molar-refractivity contribution is 9.11. The van der Waals surface area contributed by atoms with Gasteiger partial charge in [0, 0.05) is 27.7 Å². The summed E-state index contributed by atoms with van der Waals surface area (Å²) in [6.45, 7) is -0.0687. The summed E-state index contributed by atoms with van der Waals surface area (Å²) in [6, 6.07) is 3.79. The van der Waals surface area contributed by atoms with Gasteiger partial charge in [-0.1, -0.05) is 31.9 Å². The molecule has 2 rings (SSSR count). The highest BCUT2D eigenvalue weighted by Crippen LogP contribution is 2.34. The third kappa shape index (κ3) is 5.40. The molecule has 0 radical (unpaired) electrons. The third-order valence-electron chi connectivity index (χ3n) is 3.50. The van der Waals surface area contributed by atoms with E-state index in [2.05, 4.69) is 47.2 Å². The molecule has 0 heterocycles. The molecule has 0 unspecified atom stereocenters. The van der Waals surface area contributed by atoms with E-state index >= 15 is 0 Å². The predicted molar refractivity (Wildman–Crippen MR) is 109 cm³/mol. The average Bonchev–Trinajstić information content (AvgIpc) is 2.64. The fourth-order valence-corrected chi connectivity index (χ4v) is 3.62. The molecule has 7 nitrogen and oxygen atoms in total. The third-order valence-corrected chi connectivity index (χ3v) is 4.42. The minimum absolute atomic E-state index is 0.00941. The first-order valence-electron chi connectivity index (χ1n) is 7.96. The van der Waals surface area contributed by atoms with Gasteiger partial charge in [0.2, 0.25) is 5.82 Å². The second-order valence-corrected chi connectivity index (χ2v) is 7.34. The number of rotatable bonds is 6. The monoisotopic (exact) mass is 538 g/mol. The van der Waals surface area contributed by atoms with Crippen LogP contribution in [0.3, 0.4) is 0 Å². The summed E-state index contributed by atoms with van der Waals surface area (Å²) < 4.78 is 49.0. The quantitative estimate of drug-likeness (QED) is 0.417. The molecule has 0 saturated heterocycles. The number of nitrogens with one attached hydrogen (secondary N) is 3. The molecular weight excluding hydrogens is 525 g/mol. The minimum Gasteiger partial charge on any atom is -0.491 e. The molecule has 2 aromatic rings. The van der Waals surface area contributed by atoms with Crippen LogP contribution in [0, 0.1) is 17.5 Å². The van der Waals surface area contributed by atoms with E-state index in [0.29, 0.717) is 14.6 Å². The minimum atomic E-state index is -1.70. The first-order chi connectivity index (χ1) is 13.7. The van der Waals surface area contributed by atoms with Crippen molar-refractivity contribution in [2.45, 2.75) is 0 Å². The van der Waals surface area contributed by atoms with E-state index in [-0.39, 0.29) is 13.1 Å². The number of halogens is 5. The number of carbonyl (C=O) groups excluding carboxylic acids is 2. The summed E-state index contributed by atoms with van der Waals surface area (Å²) >= 11 is 6.48. The van der Waals surface area contributed by atoms with Crippen LogP contribution in [0.15, 0.2) is 27.1 Å². The van der Waals surface area contributed by atoms with Crippen molar-refractivity contribution in [1.82, 2.24) is 5.32 Å². The van der Waals surface area contributed by atoms with Gasteiger partial charge in [-0.3, -0.25) is 4.79 Å². The highest BCUT2D eigenvalue weighted by atomic mass is 79.9. The molecule has 0 aliphatic carbocycles. The standard InChI is InChI=1S/C17H15Br2F3N4O3/c1-29-15-12(21)11(20)10(16(27)24-3-2-23)14(13(15)22)26-17(28)25-9-5-7(18)4-8(19)6-9/h4-6H,2-3,23H2,1H3,(H,24,27)(H2,25,26,28). The topological polar surface area (TPSA) is 105 Å². The summed E-state index contributed by atoms with van der Waals surface area (Å²) in [5.41, 5.74) is 3.65. The molecule has 0 aromatic heterocycles. The van der Waals surface area contributed by atoms with Crippen molar-refractivity contribution in [3.8, 4) is 5.75 Å². The van der Waals surface area contributed by atoms with Gasteiger partial charge in [0.15, 0.2) is 17.4 Å². The van der Waals surface area contributed by atoms with Gasteiger partial charge in [-0.2, -0.15) is 4.39 Å². The molecule has 12 heteroatoms. The highest BCUT2D eigenvalue weighted by Gasteiger charge is 2.30. The van der Waals surface area contributed by atoms with Gasteiger partial charge in [-0.25, -0.2) is 13.6 Å². The molecule has 0 saturated carbocycles. The predicted octanol–water partition coefficient (Wildman–Crippen LogP) is 3.97. The van der Waals surface area contributed by atoms with Crippen molar-refractivity contribution >= 4 is 55.2 Å². The average molecular weight is 540 g/mol. The number of ether oxygens (including phenoxy) is 1. The van der Waals surface area contributed by atoms with Gasteiger partial charge in [-0.05, 0) is 18.2 Å². The molecule has 5 N–H and O–H groups in total. The summed E-state index contributed by atoms with van der Waals surface area (Å²) in [6.07, 6.45) is 0. The number of carbonyl (C=O) groups is 2. The van der Waals surface area contributed by atoms with E-state index in [4.69, 9.17) is 5.73 Å². The van der Waals surface area contributed by atoms with E-state index < -0.39 is 46.4 Å². The smallest absolute Gasteiger partial charge is 0.323 e. The van der Waals surface area contributed by atoms with Gasteiger partial charge >= 0.3 is 6.03 Å². The molecule has 0 bridgehead atoms. The Labute approximate surface area is 180 Å². The first-order valence-corrected chi connectivity index (χ1v) is 9.55. The van der Waals surface area contributed by atoms with Crippen molar-refractivity contribution in [3.63, 3.8) is 0 Å². The molecule has 2 aromatic carbocycles. The van der Waals surface area contributed by atoms with E-state index in [0.717, 1.165) is 7.11 Å². The summed E-state index contributed by atoms with van der Waals surface area (Å²) in [5, 5.41) is 6.62. The number of benzene rings is 2. The van der Waals surface area contributed by atoms with Crippen molar-refractivity contribution in [2.24, 2.45) is 5.73 Å². The molecule has 0 fully saturated rings. The summed E-state index contributed by atoms with van der Waals surface area (Å²) in [5.74, 6) is -7.08. The number of hydrogen-bond acceptors (Lipinski definition) is 4. The number of nitrogens with two attached hydrogens (primary N) is 1. The molecule has 0 aliphatic rings. The fourth-order valence-electron chi connectivity index (χ4n) is 2.32. The molecule has 3 amide bonds. The van der Waals surface area contributed by atoms with E-state index in [1.54, 1.807) is 18.2 Å². The zero-order valence-electron chi connectivity index (χ0n) is 14.8. The number of methoxy groups -OCH3 is 1. The number of anilines is 2. The van der Waals surface area contributed by atoms with Crippen LogP contribution in [0.2, 0.25) is 0 Å². The van der Waals surface area contributed by atoms with E-state index in [1.165, 1.54) is 0 Å². The van der Waals surface area contributed by atoms with Crippen LogP contribution in [-0.2, 0) is 0 Å². The first kappa shape index (κ1) is 23.0. The van der Waals surface area contributed by atoms with Crippen molar-refractivity contribution in [2.75, 3.05) is 30.8 Å². The lowest BCUT2D eigenvalue weighted by Gasteiger charge is -2.16. The number of amides is 3. The Kier molecular flexibility index (Phi) is 7.88. The van der Waals surface area contributed by atoms with Crippen LogP contribution in [0.25, 0.3) is 0 Å². The number of hydrogen-bond donors (Lipinski definition) is 4. The van der Waals surface area contributed by atoms with Crippen molar-refractivity contribution in [1.29, 1.82) is 0 Å². The molecule has 29 heavy (non-hydrogen) atoms.